The maximum Gasteiger partial charge on any atom is 0.323 e. The van der Waals surface area contributed by atoms with Gasteiger partial charge in [-0.15, -0.1) is 0 Å². The first-order chi connectivity index (χ1) is 23.5. The van der Waals surface area contributed by atoms with Crippen molar-refractivity contribution in [3.05, 3.63) is 0 Å². The molecule has 0 aromatic carbocycles. The highest BCUT2D eigenvalue weighted by Crippen LogP contribution is 2.15. The number of carboxylic acid groups (broad SMARTS) is 1. The number of carbonyl (C=O) groups is 3. The van der Waals surface area contributed by atoms with Crippen LogP contribution in [-0.4, -0.2) is 40.8 Å². The van der Waals surface area contributed by atoms with Crippen molar-refractivity contribution in [1.82, 2.24) is 4.90 Å². The average Bonchev–Trinajstić information content (AvgIpc) is 3.07. The molecule has 0 bridgehead atoms. The van der Waals surface area contributed by atoms with E-state index in [9.17, 15) is 19.5 Å². The molecule has 0 aliphatic heterocycles. The van der Waals surface area contributed by atoms with Crippen LogP contribution in [0, 0.1) is 23.7 Å². The van der Waals surface area contributed by atoms with Gasteiger partial charge in [0.25, 0.3) is 5.91 Å². The minimum absolute atomic E-state index is 0.329. The fourth-order valence-corrected chi connectivity index (χ4v) is 6.12. The summed E-state index contributed by atoms with van der Waals surface area (Å²) in [7, 11) is 0. The maximum atomic E-state index is 12.5. The Bertz CT molecular complexity index is 890. The summed E-state index contributed by atoms with van der Waals surface area (Å²) >= 11 is 0. The van der Waals surface area contributed by atoms with Crippen molar-refractivity contribution in [1.29, 1.82) is 0 Å². The van der Waals surface area contributed by atoms with Gasteiger partial charge in [0.1, 0.15) is 6.54 Å². The Morgan fingerprint density at radius 2 is 0.708 bits per heavy atom. The van der Waals surface area contributed by atoms with Gasteiger partial charge in [0.2, 0.25) is 5.78 Å². The molecule has 0 fully saturated rings. The van der Waals surface area contributed by atoms with E-state index in [2.05, 4.69) is 37.5 Å². The van der Waals surface area contributed by atoms with E-state index in [4.69, 9.17) is 0 Å². The molecule has 0 saturated heterocycles. The molecule has 0 rings (SSSR count). The van der Waals surface area contributed by atoms with Gasteiger partial charge in [0, 0.05) is 12.8 Å². The first kappa shape index (κ1) is 45.7. The maximum absolute atomic E-state index is 12.5. The van der Waals surface area contributed by atoms with Crippen LogP contribution in [0.25, 0.3) is 0 Å². The molecule has 0 radical (unpaired) electrons. The van der Waals surface area contributed by atoms with Crippen molar-refractivity contribution >= 4 is 17.7 Å². The number of ketones is 1. The van der Waals surface area contributed by atoms with E-state index in [1.165, 1.54) is 167 Å². The second-order valence-electron chi connectivity index (χ2n) is 14.0. The van der Waals surface area contributed by atoms with Gasteiger partial charge in [-0.25, -0.2) is 0 Å². The summed E-state index contributed by atoms with van der Waals surface area (Å²) in [5.74, 6) is 8.72. The molecule has 0 aliphatic rings. The molecule has 0 unspecified atom stereocenters. The second kappa shape index (κ2) is 37.5. The van der Waals surface area contributed by atoms with Gasteiger partial charge in [-0.2, -0.15) is 0 Å². The van der Waals surface area contributed by atoms with E-state index in [0.29, 0.717) is 12.8 Å². The zero-order valence-corrected chi connectivity index (χ0v) is 31.7. The number of nitrogens with zero attached hydrogens (tertiary/aromatic N) is 1. The molecule has 0 atom stereocenters. The number of carboxylic acids is 1. The smallest absolute Gasteiger partial charge is 0.323 e. The summed E-state index contributed by atoms with van der Waals surface area (Å²) in [6, 6.07) is 0. The predicted octanol–water partition coefficient (Wildman–Crippen LogP) is 12.0. The number of hydrogen-bond acceptors (Lipinski definition) is 3. The summed E-state index contributed by atoms with van der Waals surface area (Å²) < 4.78 is 0. The van der Waals surface area contributed by atoms with Crippen LogP contribution < -0.4 is 0 Å². The van der Waals surface area contributed by atoms with Crippen molar-refractivity contribution in [2.45, 2.75) is 219 Å². The molecule has 0 spiro atoms. The molecule has 276 valence electrons. The van der Waals surface area contributed by atoms with E-state index < -0.39 is 24.2 Å². The molecule has 1 amide bonds. The zero-order chi connectivity index (χ0) is 35.2. The van der Waals surface area contributed by atoms with Crippen molar-refractivity contribution in [2.75, 3.05) is 13.1 Å². The largest absolute Gasteiger partial charge is 0.480 e. The van der Waals surface area contributed by atoms with E-state index in [1.54, 1.807) is 0 Å². The third kappa shape index (κ3) is 35.0. The minimum Gasteiger partial charge on any atom is -0.480 e. The number of carbonyl (C=O) groups excluding carboxylic acids is 2. The lowest BCUT2D eigenvalue weighted by molar-refractivity contribution is -0.143. The molecule has 5 nitrogen and oxygen atoms in total. The lowest BCUT2D eigenvalue weighted by atomic mass is 10.0. The van der Waals surface area contributed by atoms with Crippen LogP contribution in [0.15, 0.2) is 0 Å². The monoisotopic (exact) mass is 670 g/mol. The van der Waals surface area contributed by atoms with E-state index in [0.717, 1.165) is 30.6 Å². The molecule has 48 heavy (non-hydrogen) atoms. The fraction of sp³-hybridized carbons (Fsp3) is 0.837. The van der Waals surface area contributed by atoms with Crippen molar-refractivity contribution in [2.24, 2.45) is 0 Å². The van der Waals surface area contributed by atoms with Gasteiger partial charge in [0.05, 0.1) is 6.54 Å². The normalized spacial score (nSPS) is 10.6. The number of hydrogen-bond donors (Lipinski definition) is 1. The van der Waals surface area contributed by atoms with Gasteiger partial charge < -0.3 is 10.0 Å². The van der Waals surface area contributed by atoms with Crippen LogP contribution in [0.4, 0.5) is 0 Å². The van der Waals surface area contributed by atoms with Gasteiger partial charge in [-0.3, -0.25) is 14.4 Å². The number of amides is 1. The van der Waals surface area contributed by atoms with Crippen LogP contribution in [-0.2, 0) is 14.4 Å². The zero-order valence-electron chi connectivity index (χ0n) is 31.7. The standard InChI is InChI=1S/C43H75NO4/c1-3-5-7-9-11-13-15-17-19-21-23-25-27-29-31-33-35-37-41(45)39-44(40-43(47)48)42(46)38-36-34-32-30-28-26-24-22-20-18-16-14-12-10-8-6-4-2/h3-34,39-40H2,1-2H3,(H,47,48). The Labute approximate surface area is 297 Å². The molecule has 0 aromatic heterocycles. The summed E-state index contributed by atoms with van der Waals surface area (Å²) in [5.41, 5.74) is 0. The van der Waals surface area contributed by atoms with Crippen LogP contribution in [0.2, 0.25) is 0 Å². The third-order valence-corrected chi connectivity index (χ3v) is 9.18. The summed E-state index contributed by atoms with van der Waals surface area (Å²) in [5, 5.41) is 9.21. The van der Waals surface area contributed by atoms with E-state index >= 15 is 0 Å². The van der Waals surface area contributed by atoms with Crippen LogP contribution in [0.3, 0.4) is 0 Å². The fourth-order valence-electron chi connectivity index (χ4n) is 6.12. The highest BCUT2D eigenvalue weighted by atomic mass is 16.4. The first-order valence-electron chi connectivity index (χ1n) is 20.5. The van der Waals surface area contributed by atoms with Crippen LogP contribution in [0.1, 0.15) is 219 Å². The Kier molecular flexibility index (Phi) is 35.8. The third-order valence-electron chi connectivity index (χ3n) is 9.18. The Morgan fingerprint density at radius 1 is 0.417 bits per heavy atom. The highest BCUT2D eigenvalue weighted by Gasteiger charge is 2.17. The second-order valence-corrected chi connectivity index (χ2v) is 14.0. The molecule has 0 heterocycles. The molecular formula is C43H75NO4. The lowest BCUT2D eigenvalue weighted by Crippen LogP contribution is -2.38. The van der Waals surface area contributed by atoms with Crippen molar-refractivity contribution in [3.8, 4) is 23.7 Å². The molecule has 0 aromatic rings. The van der Waals surface area contributed by atoms with Gasteiger partial charge >= 0.3 is 5.97 Å². The SMILES string of the molecule is CCCCCCCCCCCCCCCCCC#CC(=O)CN(CC(=O)O)C(=O)C#CCCCCCCCCCCCCCCCCC. The van der Waals surface area contributed by atoms with Gasteiger partial charge in [0.15, 0.2) is 0 Å². The van der Waals surface area contributed by atoms with Crippen LogP contribution in [0.5, 0.6) is 0 Å². The van der Waals surface area contributed by atoms with Crippen LogP contribution >= 0.6 is 0 Å². The lowest BCUT2D eigenvalue weighted by Gasteiger charge is -2.15. The predicted molar refractivity (Wildman–Crippen MR) is 204 cm³/mol. The molecule has 1 N–H and O–H groups in total. The van der Waals surface area contributed by atoms with Gasteiger partial charge in [-0.05, 0) is 24.7 Å². The number of aliphatic carboxylic acids is 1. The van der Waals surface area contributed by atoms with Crippen molar-refractivity contribution in [3.63, 3.8) is 0 Å². The molecule has 5 heteroatoms. The molecule has 0 aliphatic carbocycles. The summed E-state index contributed by atoms with van der Waals surface area (Å²) in [4.78, 5) is 37.1. The number of Topliss-reactive ketones (excluding diaryl/α,β-unsaturated/α-hetero) is 1. The summed E-state index contributed by atoms with van der Waals surface area (Å²) in [6.07, 6.45) is 40.3. The number of unbranched alkanes of at least 4 members (excludes halogenated alkanes) is 30. The van der Waals surface area contributed by atoms with Gasteiger partial charge in [-0.1, -0.05) is 205 Å². The minimum atomic E-state index is -1.16. The molecular weight excluding hydrogens is 594 g/mol. The Balaban J connectivity index is 3.89. The Hall–Kier alpha value is -2.27. The van der Waals surface area contributed by atoms with E-state index in [1.807, 2.05) is 0 Å². The summed E-state index contributed by atoms with van der Waals surface area (Å²) in [6.45, 7) is 3.66. The molecule has 0 saturated carbocycles. The highest BCUT2D eigenvalue weighted by molar-refractivity contribution is 6.02. The van der Waals surface area contributed by atoms with Crippen molar-refractivity contribution < 1.29 is 19.5 Å². The Morgan fingerprint density at radius 3 is 1.02 bits per heavy atom. The average molecular weight is 670 g/mol. The van der Waals surface area contributed by atoms with E-state index in [-0.39, 0.29) is 6.54 Å². The first-order valence-corrected chi connectivity index (χ1v) is 20.5. The quantitative estimate of drug-likeness (QED) is 0.0420. The number of rotatable bonds is 34. The topological polar surface area (TPSA) is 74.7 Å².